The van der Waals surface area contributed by atoms with Gasteiger partial charge in [0, 0.05) is 19.1 Å². The average molecular weight is 250 g/mol. The summed E-state index contributed by atoms with van der Waals surface area (Å²) in [6.07, 6.45) is 2.68. The summed E-state index contributed by atoms with van der Waals surface area (Å²) in [5, 5.41) is 0. The van der Waals surface area contributed by atoms with Gasteiger partial charge in [-0.25, -0.2) is 4.39 Å². The summed E-state index contributed by atoms with van der Waals surface area (Å²) in [7, 11) is 0. The summed E-state index contributed by atoms with van der Waals surface area (Å²) in [4.78, 5) is 2.11. The van der Waals surface area contributed by atoms with E-state index in [1.807, 2.05) is 13.0 Å². The molecule has 0 aliphatic carbocycles. The van der Waals surface area contributed by atoms with Gasteiger partial charge in [-0.05, 0) is 31.4 Å². The highest BCUT2D eigenvalue weighted by Crippen LogP contribution is 2.34. The Labute approximate surface area is 107 Å². The van der Waals surface area contributed by atoms with E-state index in [-0.39, 0.29) is 24.1 Å². The Balaban J connectivity index is 1.96. The van der Waals surface area contributed by atoms with E-state index in [0.717, 1.165) is 31.5 Å². The number of ether oxygens (including phenoxy) is 1. The van der Waals surface area contributed by atoms with Crippen LogP contribution in [-0.4, -0.2) is 25.3 Å². The number of rotatable bonds is 2. The number of halogens is 1. The van der Waals surface area contributed by atoms with E-state index in [1.165, 1.54) is 6.07 Å². The van der Waals surface area contributed by atoms with Crippen LogP contribution >= 0.6 is 0 Å². The monoisotopic (exact) mass is 250 g/mol. The average Bonchev–Trinajstić information content (AvgIpc) is 2.68. The van der Waals surface area contributed by atoms with Gasteiger partial charge >= 0.3 is 0 Å². The number of nitrogens with zero attached hydrogens (tertiary/aromatic N) is 1. The molecule has 0 saturated carbocycles. The third-order valence-electron chi connectivity index (χ3n) is 3.87. The van der Waals surface area contributed by atoms with E-state index in [2.05, 4.69) is 4.90 Å². The minimum atomic E-state index is -0.175. The molecular weight excluding hydrogens is 231 g/mol. The minimum Gasteiger partial charge on any atom is -0.371 e. The van der Waals surface area contributed by atoms with Crippen molar-refractivity contribution in [2.45, 2.75) is 38.0 Å². The maximum absolute atomic E-state index is 14.1. The van der Waals surface area contributed by atoms with E-state index in [4.69, 9.17) is 10.5 Å². The number of nitrogens with two attached hydrogens (primary N) is 1. The summed E-state index contributed by atoms with van der Waals surface area (Å²) < 4.78 is 19.9. The fourth-order valence-corrected chi connectivity index (χ4v) is 3.03. The Bertz CT molecular complexity index is 437. The molecule has 4 heteroatoms. The Morgan fingerprint density at radius 3 is 2.61 bits per heavy atom. The number of para-hydroxylation sites is 1. The van der Waals surface area contributed by atoms with E-state index in [1.54, 1.807) is 6.07 Å². The summed E-state index contributed by atoms with van der Waals surface area (Å²) >= 11 is 0. The standard InChI is InChI=1S/C14H19FN2O/c1-9(16)12-3-2-4-13(15)14(12)17-7-10-5-6-11(8-17)18-10/h2-4,9-11H,5-8,16H2,1H3/t9-,10?,11?/m0/s1. The zero-order chi connectivity index (χ0) is 12.7. The van der Waals surface area contributed by atoms with Crippen LogP contribution in [0.5, 0.6) is 0 Å². The molecule has 2 unspecified atom stereocenters. The molecule has 2 N–H and O–H groups in total. The van der Waals surface area contributed by atoms with Crippen molar-refractivity contribution in [2.24, 2.45) is 5.73 Å². The van der Waals surface area contributed by atoms with Crippen LogP contribution in [-0.2, 0) is 4.74 Å². The molecule has 2 heterocycles. The van der Waals surface area contributed by atoms with E-state index in [9.17, 15) is 4.39 Å². The van der Waals surface area contributed by atoms with Crippen molar-refractivity contribution < 1.29 is 9.13 Å². The first-order chi connectivity index (χ1) is 8.65. The molecule has 2 fully saturated rings. The van der Waals surface area contributed by atoms with Crippen LogP contribution in [0.15, 0.2) is 18.2 Å². The minimum absolute atomic E-state index is 0.156. The third-order valence-corrected chi connectivity index (χ3v) is 3.87. The molecular formula is C14H19FN2O. The highest BCUT2D eigenvalue weighted by molar-refractivity contribution is 5.56. The number of fused-ring (bicyclic) bond motifs is 2. The molecule has 98 valence electrons. The Hall–Kier alpha value is -1.13. The summed E-state index contributed by atoms with van der Waals surface area (Å²) in [6.45, 7) is 3.45. The second-order valence-electron chi connectivity index (χ2n) is 5.33. The van der Waals surface area contributed by atoms with Crippen LogP contribution in [0.25, 0.3) is 0 Å². The van der Waals surface area contributed by atoms with Crippen molar-refractivity contribution >= 4 is 5.69 Å². The van der Waals surface area contributed by atoms with E-state index >= 15 is 0 Å². The molecule has 1 aromatic rings. The van der Waals surface area contributed by atoms with Crippen molar-refractivity contribution in [3.8, 4) is 0 Å². The lowest BCUT2D eigenvalue weighted by molar-refractivity contribution is 0.0302. The van der Waals surface area contributed by atoms with Crippen LogP contribution in [0.1, 0.15) is 31.4 Å². The van der Waals surface area contributed by atoms with Crippen molar-refractivity contribution in [1.29, 1.82) is 0 Å². The molecule has 0 aromatic heterocycles. The van der Waals surface area contributed by atoms with Gasteiger partial charge in [-0.15, -0.1) is 0 Å². The highest BCUT2D eigenvalue weighted by atomic mass is 19.1. The van der Waals surface area contributed by atoms with Gasteiger partial charge in [-0.3, -0.25) is 0 Å². The number of hydrogen-bond acceptors (Lipinski definition) is 3. The Morgan fingerprint density at radius 2 is 2.00 bits per heavy atom. The molecule has 0 radical (unpaired) electrons. The summed E-state index contributed by atoms with van der Waals surface area (Å²) in [6, 6.07) is 5.00. The molecule has 3 atom stereocenters. The van der Waals surface area contributed by atoms with E-state index < -0.39 is 0 Å². The van der Waals surface area contributed by atoms with Crippen LogP contribution in [0.2, 0.25) is 0 Å². The van der Waals surface area contributed by atoms with Gasteiger partial charge in [0.25, 0.3) is 0 Å². The third kappa shape index (κ3) is 1.99. The molecule has 3 rings (SSSR count). The molecule has 0 spiro atoms. The van der Waals surface area contributed by atoms with Crippen molar-refractivity contribution in [3.63, 3.8) is 0 Å². The second kappa shape index (κ2) is 4.52. The number of anilines is 1. The lowest BCUT2D eigenvalue weighted by atomic mass is 10.0. The predicted octanol–water partition coefficient (Wildman–Crippen LogP) is 2.21. The van der Waals surface area contributed by atoms with Gasteiger partial charge < -0.3 is 15.4 Å². The Kier molecular flexibility index (Phi) is 2.99. The van der Waals surface area contributed by atoms with Gasteiger partial charge in [0.05, 0.1) is 17.9 Å². The first-order valence-electron chi connectivity index (χ1n) is 6.59. The zero-order valence-electron chi connectivity index (χ0n) is 10.6. The largest absolute Gasteiger partial charge is 0.371 e. The Morgan fingerprint density at radius 1 is 1.33 bits per heavy atom. The lowest BCUT2D eigenvalue weighted by Crippen LogP contribution is -2.43. The molecule has 1 aromatic carbocycles. The first-order valence-corrected chi connectivity index (χ1v) is 6.59. The number of benzene rings is 1. The normalized spacial score (nSPS) is 28.5. The van der Waals surface area contributed by atoms with Crippen LogP contribution in [0, 0.1) is 5.82 Å². The van der Waals surface area contributed by atoms with Crippen molar-refractivity contribution in [1.82, 2.24) is 0 Å². The smallest absolute Gasteiger partial charge is 0.146 e. The molecule has 2 bridgehead atoms. The van der Waals surface area contributed by atoms with Crippen molar-refractivity contribution in [3.05, 3.63) is 29.6 Å². The fraction of sp³-hybridized carbons (Fsp3) is 0.571. The van der Waals surface area contributed by atoms with Gasteiger partial charge in [0.15, 0.2) is 0 Å². The van der Waals surface area contributed by atoms with Gasteiger partial charge in [0.2, 0.25) is 0 Å². The van der Waals surface area contributed by atoms with E-state index in [0.29, 0.717) is 5.69 Å². The SMILES string of the molecule is C[C@H](N)c1cccc(F)c1N1CC2CCC(C1)O2. The summed E-state index contributed by atoms with van der Waals surface area (Å²) in [5.74, 6) is -0.175. The van der Waals surface area contributed by atoms with Gasteiger partial charge in [-0.1, -0.05) is 12.1 Å². The quantitative estimate of drug-likeness (QED) is 0.874. The van der Waals surface area contributed by atoms with Gasteiger partial charge in [0.1, 0.15) is 5.82 Å². The van der Waals surface area contributed by atoms with Crippen LogP contribution in [0.4, 0.5) is 10.1 Å². The maximum Gasteiger partial charge on any atom is 0.146 e. The molecule has 2 saturated heterocycles. The highest BCUT2D eigenvalue weighted by Gasteiger charge is 2.35. The maximum atomic E-state index is 14.1. The van der Waals surface area contributed by atoms with Crippen molar-refractivity contribution in [2.75, 3.05) is 18.0 Å². The first kappa shape index (κ1) is 11.9. The topological polar surface area (TPSA) is 38.5 Å². The fourth-order valence-electron chi connectivity index (χ4n) is 3.03. The number of morpholine rings is 1. The van der Waals surface area contributed by atoms with Crippen LogP contribution in [0.3, 0.4) is 0 Å². The molecule has 18 heavy (non-hydrogen) atoms. The molecule has 2 aliphatic rings. The van der Waals surface area contributed by atoms with Crippen LogP contribution < -0.4 is 10.6 Å². The molecule has 2 aliphatic heterocycles. The second-order valence-corrected chi connectivity index (χ2v) is 5.33. The number of hydrogen-bond donors (Lipinski definition) is 1. The molecule has 3 nitrogen and oxygen atoms in total. The lowest BCUT2D eigenvalue weighted by Gasteiger charge is -2.35. The predicted molar refractivity (Wildman–Crippen MR) is 69.1 cm³/mol. The summed E-state index contributed by atoms with van der Waals surface area (Å²) in [5.41, 5.74) is 7.51. The van der Waals surface area contributed by atoms with Gasteiger partial charge in [-0.2, -0.15) is 0 Å². The zero-order valence-corrected chi connectivity index (χ0v) is 10.6. The molecule has 0 amide bonds.